The first-order valence-electron chi connectivity index (χ1n) is 12.4. The molecule has 0 saturated heterocycles. The van der Waals surface area contributed by atoms with E-state index < -0.39 is 29.2 Å². The largest absolute Gasteiger partial charge is 0.494 e. The van der Waals surface area contributed by atoms with E-state index in [0.717, 1.165) is 5.69 Å². The molecular weight excluding hydrogens is 496 g/mol. The number of halogens is 1. The van der Waals surface area contributed by atoms with E-state index in [-0.39, 0.29) is 12.3 Å². The molecule has 1 heterocycles. The van der Waals surface area contributed by atoms with E-state index in [2.05, 4.69) is 15.6 Å². The van der Waals surface area contributed by atoms with Gasteiger partial charge in [0.25, 0.3) is 0 Å². The molecule has 0 aliphatic heterocycles. The third kappa shape index (κ3) is 11.2. The van der Waals surface area contributed by atoms with Gasteiger partial charge in [-0.1, -0.05) is 38.4 Å². The molecular formula is C27H37ClN4O5. The second kappa shape index (κ2) is 15.2. The van der Waals surface area contributed by atoms with Crippen LogP contribution in [0.15, 0.2) is 48.7 Å². The van der Waals surface area contributed by atoms with Crippen LogP contribution in [0.3, 0.4) is 0 Å². The normalized spacial score (nSPS) is 12.8. The highest BCUT2D eigenvalue weighted by molar-refractivity contribution is 6.30. The van der Waals surface area contributed by atoms with Crippen molar-refractivity contribution in [1.29, 1.82) is 0 Å². The van der Waals surface area contributed by atoms with Crippen molar-refractivity contribution in [3.05, 3.63) is 59.4 Å². The minimum absolute atomic E-state index is 0.196. The summed E-state index contributed by atoms with van der Waals surface area (Å²) in [6, 6.07) is 11.8. The zero-order valence-electron chi connectivity index (χ0n) is 21.6. The van der Waals surface area contributed by atoms with E-state index in [9.17, 15) is 14.4 Å². The van der Waals surface area contributed by atoms with Gasteiger partial charge in [0.1, 0.15) is 11.8 Å². The molecule has 0 radical (unpaired) electrons. The van der Waals surface area contributed by atoms with Crippen LogP contribution in [0.25, 0.3) is 0 Å². The Morgan fingerprint density at radius 2 is 1.78 bits per heavy atom. The maximum absolute atomic E-state index is 13.2. The predicted octanol–water partition coefficient (Wildman–Crippen LogP) is 3.69. The summed E-state index contributed by atoms with van der Waals surface area (Å²) in [6.07, 6.45) is 3.72. The van der Waals surface area contributed by atoms with Gasteiger partial charge in [0.2, 0.25) is 17.7 Å². The van der Waals surface area contributed by atoms with Gasteiger partial charge in [0.05, 0.1) is 6.61 Å². The molecule has 2 atom stereocenters. The molecule has 0 unspecified atom stereocenters. The number of hydrogen-bond donors (Lipinski definition) is 4. The number of carbonyl (C=O) groups is 3. The molecule has 1 aromatic heterocycles. The van der Waals surface area contributed by atoms with Gasteiger partial charge in [0.15, 0.2) is 0 Å². The van der Waals surface area contributed by atoms with Gasteiger partial charge in [0, 0.05) is 42.2 Å². The number of aromatic nitrogens is 1. The summed E-state index contributed by atoms with van der Waals surface area (Å²) < 4.78 is 5.68. The van der Waals surface area contributed by atoms with E-state index in [0.29, 0.717) is 49.6 Å². The second-order valence-electron chi connectivity index (χ2n) is 9.90. The van der Waals surface area contributed by atoms with Crippen molar-refractivity contribution in [2.75, 3.05) is 13.2 Å². The Hall–Kier alpha value is -3.17. The third-order valence-electron chi connectivity index (χ3n) is 5.78. The minimum atomic E-state index is -0.809. The Balaban J connectivity index is 1.92. The average molecular weight is 533 g/mol. The summed E-state index contributed by atoms with van der Waals surface area (Å²) in [5.41, 5.74) is 1.88. The van der Waals surface area contributed by atoms with Crippen molar-refractivity contribution in [3.8, 4) is 5.75 Å². The average Bonchev–Trinajstić information content (AvgIpc) is 2.87. The van der Waals surface area contributed by atoms with Crippen LogP contribution in [0.5, 0.6) is 5.75 Å². The molecule has 0 spiro atoms. The summed E-state index contributed by atoms with van der Waals surface area (Å²) in [7, 11) is 0. The highest BCUT2D eigenvalue weighted by Crippen LogP contribution is 2.22. The molecule has 202 valence electrons. The molecule has 2 aromatic rings. The summed E-state index contributed by atoms with van der Waals surface area (Å²) >= 11 is 5.88. The van der Waals surface area contributed by atoms with Gasteiger partial charge >= 0.3 is 0 Å². The number of pyridine rings is 1. The number of nitrogens with one attached hydrogen (secondary N) is 3. The van der Waals surface area contributed by atoms with E-state index in [1.807, 2.05) is 39.0 Å². The van der Waals surface area contributed by atoms with Gasteiger partial charge < -0.3 is 15.4 Å². The van der Waals surface area contributed by atoms with Crippen LogP contribution in [0, 0.1) is 11.3 Å². The summed E-state index contributed by atoms with van der Waals surface area (Å²) in [5.74, 6) is -1.40. The van der Waals surface area contributed by atoms with Crippen LogP contribution in [0.2, 0.25) is 5.02 Å². The molecule has 9 nitrogen and oxygen atoms in total. The number of nitrogens with zero attached hydrogens (tertiary/aromatic N) is 1. The molecule has 0 saturated carbocycles. The molecule has 0 aliphatic carbocycles. The first-order valence-corrected chi connectivity index (χ1v) is 12.8. The standard InChI is InChI=1S/C27H37ClN4O5/c1-27(2,3)24(26(35)30-16-14-21-9-4-6-15-29-21)31-25(34)19(18-23(33)32-36)8-5-7-17-37-22-12-10-20(28)11-13-22/h4,6,9-13,15,19,24,36H,5,7-8,14,16-18H2,1-3H3,(H,30,35)(H,31,34)(H,32,33)/t19-,24-/m1/s1. The Kier molecular flexibility index (Phi) is 12.3. The van der Waals surface area contributed by atoms with Crippen LogP contribution in [-0.4, -0.2) is 47.1 Å². The van der Waals surface area contributed by atoms with Gasteiger partial charge in [-0.15, -0.1) is 0 Å². The second-order valence-corrected chi connectivity index (χ2v) is 10.3. The topological polar surface area (TPSA) is 130 Å². The van der Waals surface area contributed by atoms with Crippen LogP contribution >= 0.6 is 11.6 Å². The van der Waals surface area contributed by atoms with E-state index in [4.69, 9.17) is 21.5 Å². The Labute approximate surface area is 223 Å². The summed E-state index contributed by atoms with van der Waals surface area (Å²) in [5, 5.41) is 15.3. The molecule has 1 aromatic carbocycles. The molecule has 0 fully saturated rings. The van der Waals surface area contributed by atoms with E-state index in [1.165, 1.54) is 0 Å². The fraction of sp³-hybridized carbons (Fsp3) is 0.481. The van der Waals surface area contributed by atoms with Crippen molar-refractivity contribution in [2.24, 2.45) is 11.3 Å². The third-order valence-corrected chi connectivity index (χ3v) is 6.03. The lowest BCUT2D eigenvalue weighted by Crippen LogP contribution is -2.55. The molecule has 0 aliphatic rings. The first kappa shape index (κ1) is 30.1. The molecule has 4 N–H and O–H groups in total. The Morgan fingerprint density at radius 1 is 1.05 bits per heavy atom. The monoisotopic (exact) mass is 532 g/mol. The minimum Gasteiger partial charge on any atom is -0.494 e. The van der Waals surface area contributed by atoms with Crippen molar-refractivity contribution >= 4 is 29.3 Å². The molecule has 10 heteroatoms. The van der Waals surface area contributed by atoms with Gasteiger partial charge in [-0.25, -0.2) is 5.48 Å². The van der Waals surface area contributed by atoms with E-state index >= 15 is 0 Å². The fourth-order valence-corrected chi connectivity index (χ4v) is 3.83. The number of hydrogen-bond acceptors (Lipinski definition) is 6. The number of amides is 3. The smallest absolute Gasteiger partial charge is 0.244 e. The zero-order chi connectivity index (χ0) is 27.3. The van der Waals surface area contributed by atoms with Crippen LogP contribution in [-0.2, 0) is 20.8 Å². The van der Waals surface area contributed by atoms with Gasteiger partial charge in [-0.05, 0) is 61.1 Å². The van der Waals surface area contributed by atoms with Gasteiger partial charge in [-0.3, -0.25) is 24.6 Å². The van der Waals surface area contributed by atoms with Gasteiger partial charge in [-0.2, -0.15) is 0 Å². The number of ether oxygens (including phenoxy) is 1. The number of benzene rings is 1. The summed E-state index contributed by atoms with van der Waals surface area (Å²) in [4.78, 5) is 42.2. The van der Waals surface area contributed by atoms with Crippen LogP contribution < -0.4 is 20.9 Å². The number of unbranched alkanes of at least 4 members (excludes halogenated alkanes) is 1. The number of rotatable bonds is 14. The molecule has 3 amide bonds. The lowest BCUT2D eigenvalue weighted by Gasteiger charge is -2.31. The van der Waals surface area contributed by atoms with Crippen molar-refractivity contribution in [2.45, 2.75) is 58.9 Å². The SMILES string of the molecule is CC(C)(C)[C@H](NC(=O)[C@H](CCCCOc1ccc(Cl)cc1)CC(=O)NO)C(=O)NCCc1ccccn1. The van der Waals surface area contributed by atoms with Crippen molar-refractivity contribution < 1.29 is 24.3 Å². The molecule has 37 heavy (non-hydrogen) atoms. The summed E-state index contributed by atoms with van der Waals surface area (Å²) in [6.45, 7) is 6.40. The zero-order valence-corrected chi connectivity index (χ0v) is 22.4. The highest BCUT2D eigenvalue weighted by Gasteiger charge is 2.34. The quantitative estimate of drug-likeness (QED) is 0.167. The maximum atomic E-state index is 13.2. The molecule has 2 rings (SSSR count). The lowest BCUT2D eigenvalue weighted by atomic mass is 9.85. The predicted molar refractivity (Wildman–Crippen MR) is 141 cm³/mol. The first-order chi connectivity index (χ1) is 17.6. The van der Waals surface area contributed by atoms with E-state index in [1.54, 1.807) is 35.9 Å². The number of hydroxylamine groups is 1. The molecule has 0 bridgehead atoms. The fourth-order valence-electron chi connectivity index (χ4n) is 3.71. The Bertz CT molecular complexity index is 996. The lowest BCUT2D eigenvalue weighted by molar-refractivity contribution is -0.137. The van der Waals surface area contributed by atoms with Crippen LogP contribution in [0.1, 0.15) is 52.1 Å². The van der Waals surface area contributed by atoms with Crippen molar-refractivity contribution in [1.82, 2.24) is 21.1 Å². The Morgan fingerprint density at radius 3 is 2.41 bits per heavy atom. The van der Waals surface area contributed by atoms with Crippen molar-refractivity contribution in [3.63, 3.8) is 0 Å². The number of carbonyl (C=O) groups excluding carboxylic acids is 3. The maximum Gasteiger partial charge on any atom is 0.244 e. The highest BCUT2D eigenvalue weighted by atomic mass is 35.5. The van der Waals surface area contributed by atoms with Crippen LogP contribution in [0.4, 0.5) is 0 Å².